The maximum absolute atomic E-state index is 5.79. The maximum Gasteiger partial charge on any atom is 0.0755 e. The van der Waals surface area contributed by atoms with Gasteiger partial charge in [0.1, 0.15) is 0 Å². The molecule has 1 atom stereocenters. The minimum absolute atomic E-state index is 0.0244. The number of hydrogen-bond acceptors (Lipinski definition) is 4. The van der Waals surface area contributed by atoms with Crippen LogP contribution in [0, 0.1) is 0 Å². The van der Waals surface area contributed by atoms with Gasteiger partial charge in [-0.05, 0) is 29.3 Å². The molecule has 5 heteroatoms. The molecule has 0 saturated carbocycles. The molecule has 0 radical (unpaired) electrons. The molecule has 0 aliphatic rings. The van der Waals surface area contributed by atoms with E-state index in [1.54, 1.807) is 17.5 Å². The zero-order valence-corrected chi connectivity index (χ0v) is 8.74. The second kappa shape index (κ2) is 3.89. The maximum atomic E-state index is 5.79. The summed E-state index contributed by atoms with van der Waals surface area (Å²) in [5.41, 5.74) is 8.00. The monoisotopic (exact) mass is 208 g/mol. The van der Waals surface area contributed by atoms with Crippen molar-refractivity contribution in [1.29, 1.82) is 0 Å². The van der Waals surface area contributed by atoms with Crippen molar-refractivity contribution in [3.8, 4) is 0 Å². The Morgan fingerprint density at radius 2 is 2.50 bits per heavy atom. The lowest BCUT2D eigenvalue weighted by Crippen LogP contribution is -2.13. The van der Waals surface area contributed by atoms with Crippen LogP contribution in [0.2, 0.25) is 0 Å². The first-order valence-electron chi connectivity index (χ1n) is 4.42. The lowest BCUT2D eigenvalue weighted by molar-refractivity contribution is 0.591. The van der Waals surface area contributed by atoms with Gasteiger partial charge in [0.15, 0.2) is 0 Å². The van der Waals surface area contributed by atoms with E-state index in [1.165, 1.54) is 5.56 Å². The fourth-order valence-corrected chi connectivity index (χ4v) is 1.96. The highest BCUT2D eigenvalue weighted by Crippen LogP contribution is 2.11. The average Bonchev–Trinajstić information content (AvgIpc) is 2.75. The molecule has 2 rings (SSSR count). The van der Waals surface area contributed by atoms with E-state index in [0.29, 0.717) is 0 Å². The van der Waals surface area contributed by atoms with Crippen LogP contribution in [-0.4, -0.2) is 15.0 Å². The first-order valence-corrected chi connectivity index (χ1v) is 5.36. The quantitative estimate of drug-likeness (QED) is 0.829. The van der Waals surface area contributed by atoms with Gasteiger partial charge in [-0.15, -0.1) is 5.10 Å². The van der Waals surface area contributed by atoms with Crippen molar-refractivity contribution >= 4 is 11.3 Å². The Kier molecular flexibility index (Phi) is 2.60. The van der Waals surface area contributed by atoms with Gasteiger partial charge in [0.25, 0.3) is 0 Å². The first kappa shape index (κ1) is 9.36. The summed E-state index contributed by atoms with van der Waals surface area (Å²) < 4.78 is 1.84. The van der Waals surface area contributed by atoms with Crippen molar-refractivity contribution in [1.82, 2.24) is 15.0 Å². The van der Waals surface area contributed by atoms with Crippen molar-refractivity contribution in [3.05, 3.63) is 34.3 Å². The molecule has 0 spiro atoms. The molecule has 2 aromatic rings. The molecule has 0 aliphatic heterocycles. The first-order chi connectivity index (χ1) is 6.77. The van der Waals surface area contributed by atoms with Crippen molar-refractivity contribution in [2.75, 3.05) is 0 Å². The highest BCUT2D eigenvalue weighted by Gasteiger charge is 2.08. The van der Waals surface area contributed by atoms with Gasteiger partial charge in [-0.2, -0.15) is 11.3 Å². The molecule has 2 N–H and O–H groups in total. The molecule has 0 aliphatic carbocycles. The minimum Gasteiger partial charge on any atom is -0.323 e. The molecule has 0 unspecified atom stereocenters. The van der Waals surface area contributed by atoms with E-state index in [0.717, 1.165) is 12.2 Å². The van der Waals surface area contributed by atoms with Crippen LogP contribution in [0.5, 0.6) is 0 Å². The number of hydrogen-bond donors (Lipinski definition) is 1. The van der Waals surface area contributed by atoms with Gasteiger partial charge >= 0.3 is 0 Å². The molecule has 14 heavy (non-hydrogen) atoms. The summed E-state index contributed by atoms with van der Waals surface area (Å²) in [5.74, 6) is 0. The van der Waals surface area contributed by atoms with Gasteiger partial charge in [-0.3, -0.25) is 0 Å². The fourth-order valence-electron chi connectivity index (χ4n) is 1.30. The molecule has 4 nitrogen and oxygen atoms in total. The summed E-state index contributed by atoms with van der Waals surface area (Å²) in [7, 11) is 0. The zero-order valence-electron chi connectivity index (χ0n) is 7.92. The number of aromatic nitrogens is 3. The third-order valence-electron chi connectivity index (χ3n) is 2.03. The lowest BCUT2D eigenvalue weighted by Gasteiger charge is -2.07. The van der Waals surface area contributed by atoms with Crippen molar-refractivity contribution in [2.45, 2.75) is 19.5 Å². The Balaban J connectivity index is 2.21. The smallest absolute Gasteiger partial charge is 0.0755 e. The molecule has 2 heterocycles. The van der Waals surface area contributed by atoms with E-state index in [9.17, 15) is 0 Å². The van der Waals surface area contributed by atoms with E-state index in [2.05, 4.69) is 27.1 Å². The molecule has 74 valence electrons. The lowest BCUT2D eigenvalue weighted by atomic mass is 10.2. The summed E-state index contributed by atoms with van der Waals surface area (Å²) >= 11 is 1.68. The Labute approximate surface area is 86.4 Å². The Morgan fingerprint density at radius 3 is 3.14 bits per heavy atom. The summed E-state index contributed by atoms with van der Waals surface area (Å²) in [6.45, 7) is 2.68. The third kappa shape index (κ3) is 1.83. The molecular weight excluding hydrogens is 196 g/mol. The number of thiophene rings is 1. The van der Waals surface area contributed by atoms with E-state index in [1.807, 2.05) is 11.6 Å². The summed E-state index contributed by atoms with van der Waals surface area (Å²) in [5, 5.41) is 12.0. The predicted molar refractivity (Wildman–Crippen MR) is 56.0 cm³/mol. The molecule has 0 bridgehead atoms. The van der Waals surface area contributed by atoms with Crippen LogP contribution in [0.1, 0.15) is 24.2 Å². The largest absolute Gasteiger partial charge is 0.323 e. The van der Waals surface area contributed by atoms with Gasteiger partial charge in [-0.25, -0.2) is 4.68 Å². The van der Waals surface area contributed by atoms with Gasteiger partial charge in [-0.1, -0.05) is 5.21 Å². The second-order valence-electron chi connectivity index (χ2n) is 3.24. The zero-order chi connectivity index (χ0) is 9.97. The number of nitrogens with two attached hydrogens (primary N) is 1. The Morgan fingerprint density at radius 1 is 1.64 bits per heavy atom. The molecular formula is C9H12N4S. The van der Waals surface area contributed by atoms with Crippen LogP contribution in [-0.2, 0) is 6.54 Å². The average molecular weight is 208 g/mol. The van der Waals surface area contributed by atoms with Crippen molar-refractivity contribution in [2.24, 2.45) is 5.73 Å². The normalized spacial score (nSPS) is 13.0. The predicted octanol–water partition coefficient (Wildman–Crippen LogP) is 1.41. The van der Waals surface area contributed by atoms with Crippen LogP contribution >= 0.6 is 11.3 Å². The van der Waals surface area contributed by atoms with Crippen LogP contribution < -0.4 is 5.73 Å². The van der Waals surface area contributed by atoms with Gasteiger partial charge in [0.05, 0.1) is 18.4 Å². The van der Waals surface area contributed by atoms with Crippen LogP contribution in [0.25, 0.3) is 0 Å². The van der Waals surface area contributed by atoms with Gasteiger partial charge in [0.2, 0.25) is 0 Å². The van der Waals surface area contributed by atoms with E-state index < -0.39 is 0 Å². The number of rotatable bonds is 3. The van der Waals surface area contributed by atoms with Crippen molar-refractivity contribution < 1.29 is 0 Å². The topological polar surface area (TPSA) is 56.7 Å². The van der Waals surface area contributed by atoms with Gasteiger partial charge in [0, 0.05) is 6.04 Å². The highest BCUT2D eigenvalue weighted by molar-refractivity contribution is 7.07. The van der Waals surface area contributed by atoms with E-state index in [4.69, 9.17) is 5.73 Å². The van der Waals surface area contributed by atoms with E-state index in [-0.39, 0.29) is 6.04 Å². The van der Waals surface area contributed by atoms with Crippen LogP contribution in [0.4, 0.5) is 0 Å². The van der Waals surface area contributed by atoms with Gasteiger partial charge < -0.3 is 5.73 Å². The molecule has 0 aromatic carbocycles. The highest BCUT2D eigenvalue weighted by atomic mass is 32.1. The molecule has 0 amide bonds. The van der Waals surface area contributed by atoms with E-state index >= 15 is 0 Å². The number of nitrogens with zero attached hydrogens (tertiary/aromatic N) is 3. The molecule has 0 fully saturated rings. The Bertz CT molecular complexity index is 391. The van der Waals surface area contributed by atoms with Crippen LogP contribution in [0.3, 0.4) is 0 Å². The second-order valence-corrected chi connectivity index (χ2v) is 4.02. The third-order valence-corrected chi connectivity index (χ3v) is 2.76. The summed E-state index contributed by atoms with van der Waals surface area (Å²) in [4.78, 5) is 0. The molecule has 0 saturated heterocycles. The summed E-state index contributed by atoms with van der Waals surface area (Å²) in [6.07, 6.45) is 1.72. The minimum atomic E-state index is -0.0244. The summed E-state index contributed by atoms with van der Waals surface area (Å²) in [6, 6.07) is 2.06. The molecule has 2 aromatic heterocycles. The Hall–Kier alpha value is -1.20. The van der Waals surface area contributed by atoms with Crippen molar-refractivity contribution in [3.63, 3.8) is 0 Å². The fraction of sp³-hybridized carbons (Fsp3) is 0.333. The standard InChI is InChI=1S/C9H12N4S/c1-7(10)9-4-11-12-13(9)5-8-2-3-14-6-8/h2-4,6-7H,5,10H2,1H3/t7-/m0/s1. The van der Waals surface area contributed by atoms with Crippen LogP contribution in [0.15, 0.2) is 23.0 Å². The SMILES string of the molecule is C[C@H](N)c1cnnn1Cc1ccsc1.